The highest BCUT2D eigenvalue weighted by Crippen LogP contribution is 2.33. The van der Waals surface area contributed by atoms with Crippen LogP contribution in [0.25, 0.3) is 0 Å². The average molecular weight is 530 g/mol. The summed E-state index contributed by atoms with van der Waals surface area (Å²) < 4.78 is 6.12. The van der Waals surface area contributed by atoms with Crippen molar-refractivity contribution in [2.75, 3.05) is 38.2 Å². The molecule has 0 radical (unpaired) electrons. The number of hydrogen-bond donors (Lipinski definition) is 2. The fraction of sp³-hybridized carbons (Fsp3) is 0.739. The summed E-state index contributed by atoms with van der Waals surface area (Å²) in [6.45, 7) is 12.7. The molecule has 170 valence electrons. The van der Waals surface area contributed by atoms with Crippen LogP contribution in [0.2, 0.25) is 0 Å². The van der Waals surface area contributed by atoms with Crippen LogP contribution in [0.15, 0.2) is 23.2 Å². The van der Waals surface area contributed by atoms with Crippen LogP contribution < -0.4 is 15.5 Å². The maximum absolute atomic E-state index is 6.12. The van der Waals surface area contributed by atoms with E-state index in [1.807, 2.05) is 7.05 Å². The van der Waals surface area contributed by atoms with Gasteiger partial charge in [0.2, 0.25) is 0 Å². The molecule has 0 aliphatic carbocycles. The summed E-state index contributed by atoms with van der Waals surface area (Å²) in [5, 5.41) is 7.20. The second kappa shape index (κ2) is 11.5. The van der Waals surface area contributed by atoms with E-state index in [-0.39, 0.29) is 29.4 Å². The molecule has 0 saturated carbocycles. The van der Waals surface area contributed by atoms with Crippen molar-refractivity contribution in [3.63, 3.8) is 0 Å². The molecule has 7 heteroatoms. The van der Waals surface area contributed by atoms with E-state index >= 15 is 0 Å². The molecule has 3 rings (SSSR count). The summed E-state index contributed by atoms with van der Waals surface area (Å²) in [6, 6.07) is 6.70. The minimum absolute atomic E-state index is 0. The van der Waals surface area contributed by atoms with Crippen molar-refractivity contribution in [1.29, 1.82) is 0 Å². The number of piperidine rings is 1. The first kappa shape index (κ1) is 25.2. The lowest BCUT2D eigenvalue weighted by Crippen LogP contribution is -2.51. The zero-order valence-corrected chi connectivity index (χ0v) is 21.6. The largest absolute Gasteiger partial charge is 0.377 e. The van der Waals surface area contributed by atoms with Crippen molar-refractivity contribution in [1.82, 2.24) is 15.6 Å². The smallest absolute Gasteiger partial charge is 0.191 e. The quantitative estimate of drug-likeness (QED) is 0.351. The second-order valence-electron chi connectivity index (χ2n) is 9.56. The molecule has 2 fully saturated rings. The molecule has 2 saturated heterocycles. The number of nitrogens with one attached hydrogen (secondary N) is 2. The second-order valence-corrected chi connectivity index (χ2v) is 9.56. The maximum Gasteiger partial charge on any atom is 0.191 e. The number of ether oxygens (including phenoxy) is 1. The summed E-state index contributed by atoms with van der Waals surface area (Å²) in [4.78, 5) is 11.5. The van der Waals surface area contributed by atoms with E-state index in [0.29, 0.717) is 18.1 Å². The van der Waals surface area contributed by atoms with Gasteiger partial charge in [0.1, 0.15) is 5.82 Å². The Bertz CT molecular complexity index is 682. The first-order valence-corrected chi connectivity index (χ1v) is 11.1. The van der Waals surface area contributed by atoms with Crippen molar-refractivity contribution in [2.24, 2.45) is 16.3 Å². The number of nitrogens with zero attached hydrogens (tertiary/aromatic N) is 3. The van der Waals surface area contributed by atoms with Gasteiger partial charge < -0.3 is 20.3 Å². The van der Waals surface area contributed by atoms with Crippen LogP contribution in [-0.2, 0) is 4.74 Å². The number of pyridine rings is 1. The van der Waals surface area contributed by atoms with Crippen LogP contribution in [0.5, 0.6) is 0 Å². The van der Waals surface area contributed by atoms with Crippen LogP contribution in [0.3, 0.4) is 0 Å². The fourth-order valence-corrected chi connectivity index (χ4v) is 4.58. The van der Waals surface area contributed by atoms with Gasteiger partial charge in [-0.2, -0.15) is 0 Å². The molecule has 2 N–H and O–H groups in total. The van der Waals surface area contributed by atoms with Crippen molar-refractivity contribution in [2.45, 2.75) is 65.5 Å². The molecule has 1 aromatic rings. The molecule has 2 aliphatic rings. The Labute approximate surface area is 199 Å². The van der Waals surface area contributed by atoms with Gasteiger partial charge in [0.25, 0.3) is 0 Å². The Morgan fingerprint density at radius 2 is 1.97 bits per heavy atom. The SMILES string of the molecule is CN=C(NCC1CCCOC1C(C)(C)C)NC1CCN(c2cccc(C)n2)CC1.I. The lowest BCUT2D eigenvalue weighted by atomic mass is 9.78. The summed E-state index contributed by atoms with van der Waals surface area (Å²) in [6.07, 6.45) is 4.84. The molecule has 30 heavy (non-hydrogen) atoms. The minimum atomic E-state index is 0. The van der Waals surface area contributed by atoms with Crippen molar-refractivity contribution in [3.05, 3.63) is 23.9 Å². The molecule has 2 atom stereocenters. The van der Waals surface area contributed by atoms with Crippen LogP contribution in [0, 0.1) is 18.3 Å². The van der Waals surface area contributed by atoms with Crippen molar-refractivity contribution >= 4 is 35.8 Å². The predicted molar refractivity (Wildman–Crippen MR) is 136 cm³/mol. The normalized spacial score (nSPS) is 23.6. The standard InChI is InChI=1S/C23H39N5O.HI/c1-17-8-6-10-20(26-17)28-13-11-19(12-14-28)27-22(24-5)25-16-18-9-7-15-29-21(18)23(2,3)4;/h6,8,10,18-19,21H,7,9,11-16H2,1-5H3,(H2,24,25,27);1H. The molecule has 0 amide bonds. The summed E-state index contributed by atoms with van der Waals surface area (Å²) in [5.41, 5.74) is 1.24. The average Bonchev–Trinajstić information content (AvgIpc) is 2.71. The lowest BCUT2D eigenvalue weighted by molar-refractivity contribution is -0.0835. The van der Waals surface area contributed by atoms with Crippen molar-refractivity contribution in [3.8, 4) is 0 Å². The monoisotopic (exact) mass is 529 g/mol. The zero-order chi connectivity index (χ0) is 20.9. The third-order valence-electron chi connectivity index (χ3n) is 6.09. The molecule has 2 unspecified atom stereocenters. The first-order chi connectivity index (χ1) is 13.9. The third-order valence-corrected chi connectivity index (χ3v) is 6.09. The Morgan fingerprint density at radius 1 is 1.23 bits per heavy atom. The molecule has 6 nitrogen and oxygen atoms in total. The van der Waals surface area contributed by atoms with Gasteiger partial charge in [-0.05, 0) is 50.2 Å². The van der Waals surface area contributed by atoms with Gasteiger partial charge in [-0.1, -0.05) is 26.8 Å². The fourth-order valence-electron chi connectivity index (χ4n) is 4.58. The van der Waals surface area contributed by atoms with Gasteiger partial charge in [0.05, 0.1) is 6.10 Å². The molecule has 0 bridgehead atoms. The van der Waals surface area contributed by atoms with E-state index in [2.05, 4.69) is 71.4 Å². The summed E-state index contributed by atoms with van der Waals surface area (Å²) in [5.74, 6) is 2.53. The van der Waals surface area contributed by atoms with Gasteiger partial charge in [0, 0.05) is 50.9 Å². The minimum Gasteiger partial charge on any atom is -0.377 e. The maximum atomic E-state index is 6.12. The zero-order valence-electron chi connectivity index (χ0n) is 19.3. The number of anilines is 1. The summed E-state index contributed by atoms with van der Waals surface area (Å²) in [7, 11) is 1.86. The van der Waals surface area contributed by atoms with Crippen LogP contribution in [0.4, 0.5) is 5.82 Å². The number of guanidine groups is 1. The molecule has 3 heterocycles. The van der Waals surface area contributed by atoms with E-state index in [0.717, 1.165) is 63.0 Å². The first-order valence-electron chi connectivity index (χ1n) is 11.1. The topological polar surface area (TPSA) is 61.8 Å². The predicted octanol–water partition coefficient (Wildman–Crippen LogP) is 3.98. The van der Waals surface area contributed by atoms with E-state index in [4.69, 9.17) is 4.74 Å². The van der Waals surface area contributed by atoms with Gasteiger partial charge >= 0.3 is 0 Å². The highest BCUT2D eigenvalue weighted by Gasteiger charge is 2.35. The van der Waals surface area contributed by atoms with Gasteiger partial charge in [-0.15, -0.1) is 24.0 Å². The number of aromatic nitrogens is 1. The van der Waals surface area contributed by atoms with Crippen LogP contribution in [-0.4, -0.2) is 56.4 Å². The van der Waals surface area contributed by atoms with E-state index in [9.17, 15) is 0 Å². The number of aliphatic imine (C=N–C) groups is 1. The molecule has 0 aromatic carbocycles. The Balaban J connectivity index is 0.00000320. The molecule has 0 spiro atoms. The Hall–Kier alpha value is -1.09. The Kier molecular flexibility index (Phi) is 9.66. The number of halogens is 1. The molecular formula is C23H40IN5O. The van der Waals surface area contributed by atoms with E-state index in [1.165, 1.54) is 6.42 Å². The lowest BCUT2D eigenvalue weighted by Gasteiger charge is -2.40. The highest BCUT2D eigenvalue weighted by molar-refractivity contribution is 14.0. The molecule has 2 aliphatic heterocycles. The summed E-state index contributed by atoms with van der Waals surface area (Å²) >= 11 is 0. The Morgan fingerprint density at radius 3 is 2.60 bits per heavy atom. The number of aryl methyl sites for hydroxylation is 1. The third kappa shape index (κ3) is 6.97. The van der Waals surface area contributed by atoms with E-state index in [1.54, 1.807) is 0 Å². The number of hydrogen-bond acceptors (Lipinski definition) is 4. The molecular weight excluding hydrogens is 489 g/mol. The highest BCUT2D eigenvalue weighted by atomic mass is 127. The number of rotatable bonds is 4. The van der Waals surface area contributed by atoms with Gasteiger partial charge in [-0.25, -0.2) is 4.98 Å². The van der Waals surface area contributed by atoms with Crippen molar-refractivity contribution < 1.29 is 4.74 Å². The van der Waals surface area contributed by atoms with Gasteiger partial charge in [0.15, 0.2) is 5.96 Å². The van der Waals surface area contributed by atoms with E-state index < -0.39 is 0 Å². The van der Waals surface area contributed by atoms with Crippen LogP contribution in [0.1, 0.15) is 52.1 Å². The van der Waals surface area contributed by atoms with Gasteiger partial charge in [-0.3, -0.25) is 4.99 Å². The van der Waals surface area contributed by atoms with Crippen LogP contribution >= 0.6 is 24.0 Å². The molecule has 1 aromatic heterocycles.